The van der Waals surface area contributed by atoms with Crippen molar-refractivity contribution in [3.8, 4) is 16.3 Å². The number of fused-ring (bicyclic) bond motifs is 5. The SMILES string of the molecule is CCCN1C(=O)C2CC=C3C(CC4C(=O)N(c5cc(-c6sc7ccc(Cl)cc7c6C)nn5C)C(=O)C4(C)C3c3ccc(O)cc3Cl)C2C1=O. The molecule has 4 aromatic rings. The maximum atomic E-state index is 14.9. The minimum absolute atomic E-state index is 0.0241. The first-order valence-electron chi connectivity index (χ1n) is 16.5. The molecule has 6 atom stereocenters. The van der Waals surface area contributed by atoms with Gasteiger partial charge in [-0.3, -0.25) is 28.8 Å². The van der Waals surface area contributed by atoms with E-state index in [9.17, 15) is 24.3 Å². The summed E-state index contributed by atoms with van der Waals surface area (Å²) in [6, 6.07) is 12.2. The smallest absolute Gasteiger partial charge is 0.242 e. The average molecular weight is 718 g/mol. The number of phenolic OH excluding ortho intramolecular Hbond substituents is 1. The van der Waals surface area contributed by atoms with Gasteiger partial charge < -0.3 is 5.11 Å². The van der Waals surface area contributed by atoms with E-state index >= 15 is 0 Å². The van der Waals surface area contributed by atoms with E-state index in [1.54, 1.807) is 35.2 Å². The second-order valence-corrected chi connectivity index (χ2v) is 15.8. The van der Waals surface area contributed by atoms with E-state index in [0.29, 0.717) is 41.5 Å². The number of allylic oxidation sites excluding steroid dienone is 2. The summed E-state index contributed by atoms with van der Waals surface area (Å²) >= 11 is 14.7. The summed E-state index contributed by atoms with van der Waals surface area (Å²) in [5.74, 6) is -3.83. The molecule has 2 aliphatic carbocycles. The predicted octanol–water partition coefficient (Wildman–Crippen LogP) is 7.26. The number of rotatable bonds is 5. The van der Waals surface area contributed by atoms with Crippen LogP contribution in [0.2, 0.25) is 10.0 Å². The highest BCUT2D eigenvalue weighted by Crippen LogP contribution is 2.64. The van der Waals surface area contributed by atoms with Gasteiger partial charge in [0, 0.05) is 40.3 Å². The van der Waals surface area contributed by atoms with Crippen LogP contribution in [0.5, 0.6) is 5.75 Å². The van der Waals surface area contributed by atoms with Crippen LogP contribution >= 0.6 is 34.5 Å². The first-order chi connectivity index (χ1) is 23.4. The van der Waals surface area contributed by atoms with Crippen molar-refractivity contribution >= 4 is 74.1 Å². The Morgan fingerprint density at radius 1 is 1.02 bits per heavy atom. The monoisotopic (exact) mass is 716 g/mol. The number of nitrogens with zero attached hydrogens (tertiary/aromatic N) is 4. The zero-order valence-corrected chi connectivity index (χ0v) is 29.7. The number of amides is 4. The van der Waals surface area contributed by atoms with Crippen LogP contribution < -0.4 is 4.90 Å². The van der Waals surface area contributed by atoms with Crippen molar-refractivity contribution in [2.75, 3.05) is 11.4 Å². The van der Waals surface area contributed by atoms with Crippen LogP contribution in [-0.2, 0) is 26.2 Å². The normalized spacial score (nSPS) is 28.0. The Bertz CT molecular complexity index is 2170. The third kappa shape index (κ3) is 4.46. The molecular weight excluding hydrogens is 683 g/mol. The molecule has 2 aliphatic heterocycles. The minimum atomic E-state index is -1.27. The summed E-state index contributed by atoms with van der Waals surface area (Å²) in [7, 11) is 1.72. The van der Waals surface area contributed by atoms with E-state index < -0.39 is 35.0 Å². The number of aromatic nitrogens is 2. The van der Waals surface area contributed by atoms with E-state index in [2.05, 4.69) is 0 Å². The lowest BCUT2D eigenvalue weighted by molar-refractivity contribution is -0.140. The quantitative estimate of drug-likeness (QED) is 0.172. The molecule has 8 rings (SSSR count). The Hall–Kier alpha value is -3.99. The van der Waals surface area contributed by atoms with Crippen LogP contribution in [0.1, 0.15) is 50.2 Å². The highest BCUT2D eigenvalue weighted by molar-refractivity contribution is 7.22. The molecule has 9 nitrogen and oxygen atoms in total. The number of phenols is 1. The van der Waals surface area contributed by atoms with Crippen molar-refractivity contribution in [3.63, 3.8) is 0 Å². The van der Waals surface area contributed by atoms with Gasteiger partial charge in [0.05, 0.1) is 28.0 Å². The molecule has 4 heterocycles. The zero-order chi connectivity index (χ0) is 34.7. The van der Waals surface area contributed by atoms with Gasteiger partial charge >= 0.3 is 0 Å². The number of carbonyl (C=O) groups excluding carboxylic acids is 4. The molecule has 0 spiro atoms. The number of anilines is 1. The molecule has 2 saturated heterocycles. The number of thiophene rings is 1. The Balaban J connectivity index is 1.25. The molecule has 4 aliphatic rings. The lowest BCUT2D eigenvalue weighted by Gasteiger charge is -2.49. The van der Waals surface area contributed by atoms with Crippen LogP contribution in [-0.4, -0.2) is 50.0 Å². The third-order valence-electron chi connectivity index (χ3n) is 11.3. The fraction of sp³-hybridized carbons (Fsp3) is 0.378. The molecule has 49 heavy (non-hydrogen) atoms. The average Bonchev–Trinajstić information content (AvgIpc) is 3.73. The molecule has 6 unspecified atom stereocenters. The molecule has 2 aromatic heterocycles. The molecule has 1 N–H and O–H groups in total. The number of imide groups is 2. The van der Waals surface area contributed by atoms with Gasteiger partial charge in [-0.05, 0) is 85.9 Å². The summed E-state index contributed by atoms with van der Waals surface area (Å²) in [5.41, 5.74) is 1.82. The van der Waals surface area contributed by atoms with E-state index in [-0.39, 0.29) is 40.8 Å². The lowest BCUT2D eigenvalue weighted by Crippen LogP contribution is -2.49. The Morgan fingerprint density at radius 2 is 1.80 bits per heavy atom. The highest BCUT2D eigenvalue weighted by Gasteiger charge is 2.68. The van der Waals surface area contributed by atoms with Gasteiger partial charge in [-0.15, -0.1) is 11.3 Å². The second kappa shape index (κ2) is 11.3. The van der Waals surface area contributed by atoms with Gasteiger partial charge in [0.2, 0.25) is 23.6 Å². The van der Waals surface area contributed by atoms with Crippen molar-refractivity contribution in [1.29, 1.82) is 0 Å². The molecule has 252 valence electrons. The van der Waals surface area contributed by atoms with E-state index in [1.807, 2.05) is 45.0 Å². The van der Waals surface area contributed by atoms with E-state index in [4.69, 9.17) is 28.3 Å². The number of halogens is 2. The summed E-state index contributed by atoms with van der Waals surface area (Å²) in [4.78, 5) is 60.5. The topological polar surface area (TPSA) is 113 Å². The fourth-order valence-electron chi connectivity index (χ4n) is 9.05. The van der Waals surface area contributed by atoms with E-state index in [0.717, 1.165) is 26.1 Å². The van der Waals surface area contributed by atoms with Crippen molar-refractivity contribution in [2.24, 2.45) is 36.1 Å². The number of aryl methyl sites for hydroxylation is 2. The maximum Gasteiger partial charge on any atom is 0.242 e. The molecule has 3 fully saturated rings. The van der Waals surface area contributed by atoms with Gasteiger partial charge in [0.1, 0.15) is 17.3 Å². The summed E-state index contributed by atoms with van der Waals surface area (Å²) in [6.45, 7) is 6.10. The zero-order valence-electron chi connectivity index (χ0n) is 27.4. The molecule has 2 aromatic carbocycles. The molecule has 12 heteroatoms. The number of carbonyl (C=O) groups is 4. The summed E-state index contributed by atoms with van der Waals surface area (Å²) in [5, 5.41) is 16.9. The van der Waals surface area contributed by atoms with Crippen molar-refractivity contribution in [3.05, 3.63) is 75.3 Å². The van der Waals surface area contributed by atoms with Crippen molar-refractivity contribution < 1.29 is 24.3 Å². The van der Waals surface area contributed by atoms with Gasteiger partial charge in [0.15, 0.2) is 0 Å². The molecule has 0 radical (unpaired) electrons. The predicted molar refractivity (Wildman–Crippen MR) is 189 cm³/mol. The van der Waals surface area contributed by atoms with Crippen LogP contribution in [0.4, 0.5) is 5.82 Å². The van der Waals surface area contributed by atoms with Crippen LogP contribution in [0.25, 0.3) is 20.7 Å². The number of hydrogen-bond acceptors (Lipinski definition) is 7. The number of likely N-dealkylation sites (tertiary alicyclic amines) is 1. The Morgan fingerprint density at radius 3 is 2.53 bits per heavy atom. The molecule has 4 amide bonds. The largest absolute Gasteiger partial charge is 0.508 e. The van der Waals surface area contributed by atoms with Crippen molar-refractivity contribution in [2.45, 2.75) is 46.0 Å². The Kier molecular flexibility index (Phi) is 7.41. The maximum absolute atomic E-state index is 14.9. The standard InChI is InChI=1S/C37H34Cl2N4O5S/c1-5-12-42-33(45)22-10-9-20-24(30(22)35(42)47)15-25-34(46)43(36(48)37(25,3)31(20)21-8-7-19(44)14-26(21)39)29-16-27(40-41(29)4)32-17(2)23-13-18(38)6-11-28(23)49-32/h6-9,11,13-14,16,22,24-25,30-31,44H,5,10,12,15H2,1-4H3. The fourth-order valence-corrected chi connectivity index (χ4v) is 10.7. The first-order valence-corrected chi connectivity index (χ1v) is 18.1. The highest BCUT2D eigenvalue weighted by atomic mass is 35.5. The van der Waals surface area contributed by atoms with E-state index in [1.165, 1.54) is 21.9 Å². The summed E-state index contributed by atoms with van der Waals surface area (Å²) < 4.78 is 2.62. The third-order valence-corrected chi connectivity index (χ3v) is 13.2. The number of hydrogen-bond donors (Lipinski definition) is 1. The Labute approximate surface area is 297 Å². The van der Waals surface area contributed by atoms with Gasteiger partial charge in [-0.2, -0.15) is 5.10 Å². The molecule has 1 saturated carbocycles. The number of aromatic hydroxyl groups is 1. The summed E-state index contributed by atoms with van der Waals surface area (Å²) in [6.07, 6.45) is 3.26. The number of benzene rings is 2. The van der Waals surface area contributed by atoms with Crippen LogP contribution in [0, 0.1) is 36.0 Å². The molecule has 0 bridgehead atoms. The van der Waals surface area contributed by atoms with Gasteiger partial charge in [0.25, 0.3) is 0 Å². The lowest BCUT2D eigenvalue weighted by atomic mass is 9.51. The van der Waals surface area contributed by atoms with Crippen LogP contribution in [0.3, 0.4) is 0 Å². The molecular formula is C37H34Cl2N4O5S. The minimum Gasteiger partial charge on any atom is -0.508 e. The van der Waals surface area contributed by atoms with Crippen molar-refractivity contribution in [1.82, 2.24) is 14.7 Å². The van der Waals surface area contributed by atoms with Gasteiger partial charge in [-0.25, -0.2) is 4.90 Å². The van der Waals surface area contributed by atoms with Crippen LogP contribution in [0.15, 0.2) is 54.1 Å². The van der Waals surface area contributed by atoms with Gasteiger partial charge in [-0.1, -0.05) is 47.8 Å². The second-order valence-electron chi connectivity index (χ2n) is 13.9. The first kappa shape index (κ1) is 32.2.